The van der Waals surface area contributed by atoms with Crippen LogP contribution in [-0.2, 0) is 9.47 Å². The Labute approximate surface area is 102 Å². The van der Waals surface area contributed by atoms with Gasteiger partial charge in [-0.15, -0.1) is 0 Å². The van der Waals surface area contributed by atoms with Crippen molar-refractivity contribution < 1.29 is 14.3 Å². The lowest BCUT2D eigenvalue weighted by Crippen LogP contribution is -2.55. The van der Waals surface area contributed by atoms with Crippen molar-refractivity contribution >= 4 is 6.09 Å². The van der Waals surface area contributed by atoms with Crippen molar-refractivity contribution in [2.45, 2.75) is 57.4 Å². The summed E-state index contributed by atoms with van der Waals surface area (Å²) in [4.78, 5) is 13.9. The van der Waals surface area contributed by atoms with Gasteiger partial charge >= 0.3 is 6.09 Å². The number of carbonyl (C=O) groups is 1. The van der Waals surface area contributed by atoms with Crippen molar-refractivity contribution in [3.63, 3.8) is 0 Å². The molecule has 0 aromatic heterocycles. The fraction of sp³-hybridized carbons (Fsp3) is 0.917. The van der Waals surface area contributed by atoms with E-state index in [9.17, 15) is 4.79 Å². The number of ether oxygens (including phenoxy) is 2. The van der Waals surface area contributed by atoms with Gasteiger partial charge in [0.2, 0.25) is 0 Å². The van der Waals surface area contributed by atoms with Crippen LogP contribution in [0.5, 0.6) is 0 Å². The van der Waals surface area contributed by atoms with Crippen molar-refractivity contribution in [3.05, 3.63) is 0 Å². The van der Waals surface area contributed by atoms with E-state index in [0.29, 0.717) is 13.2 Å². The van der Waals surface area contributed by atoms with Gasteiger partial charge in [0.1, 0.15) is 5.60 Å². The number of rotatable bonds is 0. The minimum atomic E-state index is -0.453. The smallest absolute Gasteiger partial charge is 0.410 e. The summed E-state index contributed by atoms with van der Waals surface area (Å²) in [5.74, 6) is 0. The van der Waals surface area contributed by atoms with E-state index in [0.717, 1.165) is 12.8 Å². The van der Waals surface area contributed by atoms with Crippen molar-refractivity contribution in [1.29, 1.82) is 0 Å². The normalized spacial score (nSPS) is 33.4. The highest BCUT2D eigenvalue weighted by Gasteiger charge is 2.44. The standard InChI is InChI=1S/C12H22N2O3/c1-12(2,3)17-11(15)14-6-7-16-10-8(13)4-5-9(10)14/h8-10H,4-7,13H2,1-3H3/t8-,9+,10+/m0/s1. The first-order chi connectivity index (χ1) is 7.88. The lowest BCUT2D eigenvalue weighted by atomic mass is 10.1. The molecule has 5 nitrogen and oxygen atoms in total. The molecule has 1 saturated carbocycles. The lowest BCUT2D eigenvalue weighted by molar-refractivity contribution is -0.0676. The predicted octanol–water partition coefficient (Wildman–Crippen LogP) is 1.11. The Bertz CT molecular complexity index is 301. The van der Waals surface area contributed by atoms with Crippen LogP contribution in [0.4, 0.5) is 4.79 Å². The average molecular weight is 242 g/mol. The monoisotopic (exact) mass is 242 g/mol. The molecule has 2 rings (SSSR count). The van der Waals surface area contributed by atoms with Crippen LogP contribution in [0, 0.1) is 0 Å². The van der Waals surface area contributed by atoms with Gasteiger partial charge in [0.25, 0.3) is 0 Å². The van der Waals surface area contributed by atoms with Gasteiger partial charge in [-0.3, -0.25) is 0 Å². The molecule has 17 heavy (non-hydrogen) atoms. The van der Waals surface area contributed by atoms with E-state index in [1.165, 1.54) is 0 Å². The summed E-state index contributed by atoms with van der Waals surface area (Å²) >= 11 is 0. The zero-order chi connectivity index (χ0) is 12.6. The third-order valence-electron chi connectivity index (χ3n) is 3.27. The number of nitrogens with zero attached hydrogens (tertiary/aromatic N) is 1. The highest BCUT2D eigenvalue weighted by atomic mass is 16.6. The van der Waals surface area contributed by atoms with Crippen LogP contribution in [-0.4, -0.2) is 47.9 Å². The molecule has 0 radical (unpaired) electrons. The molecular weight excluding hydrogens is 220 g/mol. The first-order valence-corrected chi connectivity index (χ1v) is 6.25. The van der Waals surface area contributed by atoms with E-state index in [2.05, 4.69) is 0 Å². The first-order valence-electron chi connectivity index (χ1n) is 6.25. The molecule has 5 heteroatoms. The van der Waals surface area contributed by atoms with Crippen molar-refractivity contribution in [2.75, 3.05) is 13.2 Å². The second kappa shape index (κ2) is 4.46. The molecule has 1 amide bonds. The number of amides is 1. The maximum absolute atomic E-state index is 12.1. The summed E-state index contributed by atoms with van der Waals surface area (Å²) < 4.78 is 11.1. The fourth-order valence-corrected chi connectivity index (χ4v) is 2.55. The van der Waals surface area contributed by atoms with Crippen molar-refractivity contribution in [1.82, 2.24) is 4.90 Å². The summed E-state index contributed by atoms with van der Waals surface area (Å²) in [6.07, 6.45) is 1.56. The van der Waals surface area contributed by atoms with Gasteiger partial charge in [-0.1, -0.05) is 0 Å². The zero-order valence-corrected chi connectivity index (χ0v) is 10.8. The van der Waals surface area contributed by atoms with Crippen molar-refractivity contribution in [2.24, 2.45) is 5.73 Å². The summed E-state index contributed by atoms with van der Waals surface area (Å²) in [6, 6.07) is 0.138. The molecule has 0 bridgehead atoms. The Kier molecular flexibility index (Phi) is 3.32. The van der Waals surface area contributed by atoms with Gasteiger partial charge in [0.15, 0.2) is 0 Å². The molecule has 2 fully saturated rings. The highest BCUT2D eigenvalue weighted by Crippen LogP contribution is 2.30. The number of morpholine rings is 1. The molecular formula is C12H22N2O3. The third kappa shape index (κ3) is 2.72. The molecule has 2 N–H and O–H groups in total. The van der Waals surface area contributed by atoms with Gasteiger partial charge < -0.3 is 20.1 Å². The van der Waals surface area contributed by atoms with Gasteiger partial charge in [-0.05, 0) is 33.6 Å². The SMILES string of the molecule is CC(C)(C)OC(=O)N1CCO[C@H]2[C@H]1CC[C@@H]2N. The van der Waals surface area contributed by atoms with Crippen molar-refractivity contribution in [3.8, 4) is 0 Å². The molecule has 0 spiro atoms. The number of nitrogens with two attached hydrogens (primary N) is 1. The lowest BCUT2D eigenvalue weighted by Gasteiger charge is -2.39. The van der Waals surface area contributed by atoms with Crippen LogP contribution >= 0.6 is 0 Å². The quantitative estimate of drug-likeness (QED) is 0.691. The number of hydrogen-bond donors (Lipinski definition) is 1. The Balaban J connectivity index is 2.03. The predicted molar refractivity (Wildman–Crippen MR) is 63.7 cm³/mol. The molecule has 1 heterocycles. The van der Waals surface area contributed by atoms with Crippen LogP contribution in [0.1, 0.15) is 33.6 Å². The molecule has 0 aromatic rings. The summed E-state index contributed by atoms with van der Waals surface area (Å²) in [5.41, 5.74) is 5.52. The summed E-state index contributed by atoms with van der Waals surface area (Å²) in [6.45, 7) is 6.78. The van der Waals surface area contributed by atoms with E-state index in [1.54, 1.807) is 4.90 Å². The van der Waals surface area contributed by atoms with E-state index >= 15 is 0 Å². The molecule has 1 saturated heterocycles. The summed E-state index contributed by atoms with van der Waals surface area (Å²) in [5, 5.41) is 0. The van der Waals surface area contributed by atoms with E-state index < -0.39 is 5.60 Å². The maximum Gasteiger partial charge on any atom is 0.410 e. The van der Waals surface area contributed by atoms with E-state index in [4.69, 9.17) is 15.2 Å². The highest BCUT2D eigenvalue weighted by molar-refractivity contribution is 5.69. The molecule has 3 atom stereocenters. The maximum atomic E-state index is 12.1. The second-order valence-corrected chi connectivity index (χ2v) is 5.82. The average Bonchev–Trinajstić information content (AvgIpc) is 2.58. The second-order valence-electron chi connectivity index (χ2n) is 5.82. The van der Waals surface area contributed by atoms with Gasteiger partial charge in [-0.25, -0.2) is 4.79 Å². The number of carbonyl (C=O) groups excluding carboxylic acids is 1. The van der Waals surface area contributed by atoms with Gasteiger partial charge in [-0.2, -0.15) is 0 Å². The van der Waals surface area contributed by atoms with Crippen LogP contribution < -0.4 is 5.73 Å². The van der Waals surface area contributed by atoms with Gasteiger partial charge in [0, 0.05) is 12.6 Å². The molecule has 0 aromatic carbocycles. The van der Waals surface area contributed by atoms with Gasteiger partial charge in [0.05, 0.1) is 18.8 Å². The number of hydrogen-bond acceptors (Lipinski definition) is 4. The minimum Gasteiger partial charge on any atom is -0.444 e. The van der Waals surface area contributed by atoms with Crippen LogP contribution in [0.3, 0.4) is 0 Å². The first kappa shape index (κ1) is 12.6. The molecule has 98 valence electrons. The molecule has 1 aliphatic carbocycles. The molecule has 0 unspecified atom stereocenters. The number of fused-ring (bicyclic) bond motifs is 1. The Morgan fingerprint density at radius 3 is 2.76 bits per heavy atom. The van der Waals surface area contributed by atoms with E-state index in [-0.39, 0.29) is 24.3 Å². The minimum absolute atomic E-state index is 0.0173. The summed E-state index contributed by atoms with van der Waals surface area (Å²) in [7, 11) is 0. The van der Waals surface area contributed by atoms with E-state index in [1.807, 2.05) is 20.8 Å². The Hall–Kier alpha value is -0.810. The zero-order valence-electron chi connectivity index (χ0n) is 10.8. The Morgan fingerprint density at radius 2 is 2.12 bits per heavy atom. The Morgan fingerprint density at radius 1 is 1.41 bits per heavy atom. The third-order valence-corrected chi connectivity index (χ3v) is 3.27. The van der Waals surface area contributed by atoms with Crippen LogP contribution in [0.25, 0.3) is 0 Å². The van der Waals surface area contributed by atoms with Crippen LogP contribution in [0.2, 0.25) is 0 Å². The molecule has 2 aliphatic rings. The molecule has 1 aliphatic heterocycles. The fourth-order valence-electron chi connectivity index (χ4n) is 2.55. The van der Waals surface area contributed by atoms with Crippen LogP contribution in [0.15, 0.2) is 0 Å². The largest absolute Gasteiger partial charge is 0.444 e. The topological polar surface area (TPSA) is 64.8 Å².